The van der Waals surface area contributed by atoms with Gasteiger partial charge in [-0.05, 0) is 17.9 Å². The molecule has 0 aliphatic heterocycles. The van der Waals surface area contributed by atoms with Crippen LogP contribution < -0.4 is 0 Å². The second-order valence-corrected chi connectivity index (χ2v) is 6.48. The molecule has 9 heteroatoms. The zero-order valence-electron chi connectivity index (χ0n) is 10.2. The summed E-state index contributed by atoms with van der Waals surface area (Å²) in [7, 11) is -5.74. The van der Waals surface area contributed by atoms with E-state index in [1.807, 2.05) is 0 Å². The van der Waals surface area contributed by atoms with Gasteiger partial charge in [0.25, 0.3) is 0 Å². The van der Waals surface area contributed by atoms with Crippen molar-refractivity contribution in [3.05, 3.63) is 11.8 Å². The fourth-order valence-electron chi connectivity index (χ4n) is 1.76. The Hall–Kier alpha value is -1.25. The molecule has 1 rings (SSSR count). The SMILES string of the molecule is CC1(C)CC=C(OS(=O)(=O)C(F)(F)F)C[C@H]1C(=O)O. The molecule has 0 unspecified atom stereocenters. The van der Waals surface area contributed by atoms with Gasteiger partial charge in [-0.15, -0.1) is 0 Å². The van der Waals surface area contributed by atoms with E-state index in [1.54, 1.807) is 13.8 Å². The van der Waals surface area contributed by atoms with Gasteiger partial charge in [-0.3, -0.25) is 4.79 Å². The molecule has 1 atom stereocenters. The zero-order valence-corrected chi connectivity index (χ0v) is 11.0. The Balaban J connectivity index is 2.95. The van der Waals surface area contributed by atoms with E-state index in [9.17, 15) is 26.4 Å². The van der Waals surface area contributed by atoms with E-state index in [2.05, 4.69) is 4.18 Å². The third kappa shape index (κ3) is 3.40. The van der Waals surface area contributed by atoms with E-state index in [1.165, 1.54) is 6.08 Å². The number of hydrogen-bond donors (Lipinski definition) is 1. The number of hydrogen-bond acceptors (Lipinski definition) is 4. The van der Waals surface area contributed by atoms with Crippen molar-refractivity contribution in [2.45, 2.75) is 32.2 Å². The van der Waals surface area contributed by atoms with Crippen molar-refractivity contribution in [3.8, 4) is 0 Å². The third-order valence-electron chi connectivity index (χ3n) is 3.00. The smallest absolute Gasteiger partial charge is 0.481 e. The van der Waals surface area contributed by atoms with Crippen molar-refractivity contribution < 1.29 is 35.7 Å². The number of carbonyl (C=O) groups is 1. The number of alkyl halides is 3. The third-order valence-corrected chi connectivity index (χ3v) is 4.00. The van der Waals surface area contributed by atoms with Gasteiger partial charge in [-0.2, -0.15) is 21.6 Å². The molecule has 0 heterocycles. The minimum Gasteiger partial charge on any atom is -0.481 e. The van der Waals surface area contributed by atoms with Gasteiger partial charge in [0.1, 0.15) is 5.76 Å². The van der Waals surface area contributed by atoms with E-state index in [-0.39, 0.29) is 6.42 Å². The highest BCUT2D eigenvalue weighted by atomic mass is 32.2. The van der Waals surface area contributed by atoms with Crippen molar-refractivity contribution in [2.75, 3.05) is 0 Å². The molecule has 0 bridgehead atoms. The lowest BCUT2D eigenvalue weighted by molar-refractivity contribution is -0.146. The van der Waals surface area contributed by atoms with Crippen molar-refractivity contribution in [2.24, 2.45) is 11.3 Å². The monoisotopic (exact) mass is 302 g/mol. The summed E-state index contributed by atoms with van der Waals surface area (Å²) in [6, 6.07) is 0. The maximum atomic E-state index is 12.1. The van der Waals surface area contributed by atoms with Gasteiger partial charge in [-0.1, -0.05) is 13.8 Å². The van der Waals surface area contributed by atoms with Crippen LogP contribution >= 0.6 is 0 Å². The molecule has 0 saturated carbocycles. The largest absolute Gasteiger partial charge is 0.534 e. The Morgan fingerprint density at radius 1 is 1.47 bits per heavy atom. The first-order valence-corrected chi connectivity index (χ1v) is 6.70. The van der Waals surface area contributed by atoms with Gasteiger partial charge in [0.15, 0.2) is 0 Å². The number of carboxylic acid groups (broad SMARTS) is 1. The fraction of sp³-hybridized carbons (Fsp3) is 0.700. The van der Waals surface area contributed by atoms with E-state index in [0.29, 0.717) is 0 Å². The van der Waals surface area contributed by atoms with Crippen LogP contribution in [0.5, 0.6) is 0 Å². The lowest BCUT2D eigenvalue weighted by Gasteiger charge is -2.34. The quantitative estimate of drug-likeness (QED) is 0.639. The molecule has 0 radical (unpaired) electrons. The Morgan fingerprint density at radius 3 is 2.42 bits per heavy atom. The van der Waals surface area contributed by atoms with E-state index >= 15 is 0 Å². The molecule has 0 amide bonds. The number of rotatable bonds is 3. The molecule has 1 aliphatic carbocycles. The van der Waals surface area contributed by atoms with Crippen LogP contribution in [0.25, 0.3) is 0 Å². The van der Waals surface area contributed by atoms with E-state index in [4.69, 9.17) is 5.11 Å². The summed E-state index contributed by atoms with van der Waals surface area (Å²) in [5.41, 5.74) is -6.21. The minimum atomic E-state index is -5.74. The summed E-state index contributed by atoms with van der Waals surface area (Å²) in [5.74, 6) is -2.69. The number of aliphatic carboxylic acids is 1. The molecular formula is C10H13F3O5S. The molecule has 0 aromatic heterocycles. The average molecular weight is 302 g/mol. The second kappa shape index (κ2) is 4.69. The molecule has 0 aromatic carbocycles. The lowest BCUT2D eigenvalue weighted by Crippen LogP contribution is -2.35. The minimum absolute atomic E-state index is 0.118. The molecule has 110 valence electrons. The summed E-state index contributed by atoms with van der Waals surface area (Å²) >= 11 is 0. The molecule has 0 spiro atoms. The van der Waals surface area contributed by atoms with Crippen molar-refractivity contribution >= 4 is 16.1 Å². The molecule has 0 saturated heterocycles. The number of halogens is 3. The Bertz CT molecular complexity index is 504. The van der Waals surface area contributed by atoms with Crippen LogP contribution in [-0.4, -0.2) is 25.0 Å². The van der Waals surface area contributed by atoms with Gasteiger partial charge in [0, 0.05) is 6.42 Å². The summed E-state index contributed by atoms with van der Waals surface area (Å²) in [6.45, 7) is 3.27. The van der Waals surface area contributed by atoms with E-state index in [0.717, 1.165) is 0 Å². The molecule has 1 aliphatic rings. The maximum absolute atomic E-state index is 12.1. The first-order chi connectivity index (χ1) is 8.37. The van der Waals surface area contributed by atoms with Crippen LogP contribution in [0.15, 0.2) is 11.8 Å². The Labute approximate surface area is 108 Å². The van der Waals surface area contributed by atoms with Gasteiger partial charge in [-0.25, -0.2) is 0 Å². The Morgan fingerprint density at radius 2 is 2.00 bits per heavy atom. The van der Waals surface area contributed by atoms with Gasteiger partial charge < -0.3 is 9.29 Å². The average Bonchev–Trinajstić information content (AvgIpc) is 2.18. The summed E-state index contributed by atoms with van der Waals surface area (Å²) < 4.78 is 62.0. The predicted molar refractivity (Wildman–Crippen MR) is 58.3 cm³/mol. The topological polar surface area (TPSA) is 80.7 Å². The van der Waals surface area contributed by atoms with Gasteiger partial charge >= 0.3 is 21.6 Å². The highest BCUT2D eigenvalue weighted by Crippen LogP contribution is 2.41. The first kappa shape index (κ1) is 15.8. The predicted octanol–water partition coefficient (Wildman–Crippen LogP) is 2.26. The fourth-order valence-corrected chi connectivity index (χ4v) is 2.27. The van der Waals surface area contributed by atoms with Crippen molar-refractivity contribution in [1.82, 2.24) is 0 Å². The summed E-state index contributed by atoms with van der Waals surface area (Å²) in [5, 5.41) is 9.00. The second-order valence-electron chi connectivity index (χ2n) is 4.94. The normalized spacial score (nSPS) is 23.6. The lowest BCUT2D eigenvalue weighted by atomic mass is 9.71. The summed E-state index contributed by atoms with van der Waals surface area (Å²) in [4.78, 5) is 11.0. The summed E-state index contributed by atoms with van der Waals surface area (Å²) in [6.07, 6.45) is 0.910. The van der Waals surface area contributed by atoms with Crippen LogP contribution in [0.3, 0.4) is 0 Å². The first-order valence-electron chi connectivity index (χ1n) is 5.29. The van der Waals surface area contributed by atoms with E-state index < -0.39 is 45.1 Å². The number of carboxylic acids is 1. The Kier molecular flexibility index (Phi) is 3.91. The maximum Gasteiger partial charge on any atom is 0.534 e. The molecule has 5 nitrogen and oxygen atoms in total. The standard InChI is InChI=1S/C10H13F3O5S/c1-9(2)4-3-6(5-7(9)8(14)15)18-19(16,17)10(11,12)13/h3,7H,4-5H2,1-2H3,(H,14,15)/t7-/m0/s1. The number of allylic oxidation sites excluding steroid dienone is 2. The highest BCUT2D eigenvalue weighted by molar-refractivity contribution is 7.87. The highest BCUT2D eigenvalue weighted by Gasteiger charge is 2.50. The van der Waals surface area contributed by atoms with Crippen molar-refractivity contribution in [3.63, 3.8) is 0 Å². The van der Waals surface area contributed by atoms with Crippen molar-refractivity contribution in [1.29, 1.82) is 0 Å². The van der Waals surface area contributed by atoms with Crippen LogP contribution in [0.2, 0.25) is 0 Å². The molecule has 19 heavy (non-hydrogen) atoms. The van der Waals surface area contributed by atoms with Crippen LogP contribution in [-0.2, 0) is 19.1 Å². The molecule has 0 aromatic rings. The molecule has 1 N–H and O–H groups in total. The molecular weight excluding hydrogens is 289 g/mol. The molecule has 0 fully saturated rings. The van der Waals surface area contributed by atoms with Crippen LogP contribution in [0.4, 0.5) is 13.2 Å². The van der Waals surface area contributed by atoms with Gasteiger partial charge in [0.2, 0.25) is 0 Å². The van der Waals surface area contributed by atoms with Crippen LogP contribution in [0, 0.1) is 11.3 Å². The zero-order chi connectivity index (χ0) is 15.1. The van der Waals surface area contributed by atoms with Crippen LogP contribution in [0.1, 0.15) is 26.7 Å². The van der Waals surface area contributed by atoms with Gasteiger partial charge in [0.05, 0.1) is 5.92 Å².